The molecule has 35 heavy (non-hydrogen) atoms. The smallest absolute Gasteiger partial charge is 0.251 e. The van der Waals surface area contributed by atoms with Crippen LogP contribution >= 0.6 is 0 Å². The minimum absolute atomic E-state index is 0.114. The van der Waals surface area contributed by atoms with Crippen LogP contribution in [0.3, 0.4) is 0 Å². The van der Waals surface area contributed by atoms with Crippen LogP contribution in [0.5, 0.6) is 11.5 Å². The van der Waals surface area contributed by atoms with Crippen molar-refractivity contribution in [2.24, 2.45) is 5.92 Å². The molecule has 4 rings (SSSR count). The van der Waals surface area contributed by atoms with Crippen LogP contribution in [0.1, 0.15) is 43.0 Å². The Hall–Kier alpha value is -3.52. The summed E-state index contributed by atoms with van der Waals surface area (Å²) in [4.78, 5) is 13.1. The van der Waals surface area contributed by atoms with Crippen LogP contribution in [0, 0.1) is 10.7 Å². The molecule has 1 saturated carbocycles. The van der Waals surface area contributed by atoms with E-state index in [2.05, 4.69) is 22.3 Å². The van der Waals surface area contributed by atoms with Crippen LogP contribution in [0.15, 0.2) is 77.7 Å². The van der Waals surface area contributed by atoms with Crippen molar-refractivity contribution in [1.82, 2.24) is 5.32 Å². The average molecular weight is 493 g/mol. The molecule has 1 unspecified atom stereocenters. The number of amides is 1. The van der Waals surface area contributed by atoms with Gasteiger partial charge in [-0.15, -0.1) is 0 Å². The fourth-order valence-corrected chi connectivity index (χ4v) is 4.86. The number of para-hydroxylation sites is 2. The maximum Gasteiger partial charge on any atom is 0.251 e. The first-order valence-corrected chi connectivity index (χ1v) is 13.6. The van der Waals surface area contributed by atoms with Gasteiger partial charge in [0.1, 0.15) is 10.6 Å². The zero-order valence-corrected chi connectivity index (χ0v) is 20.7. The van der Waals surface area contributed by atoms with Gasteiger partial charge in [0.25, 0.3) is 5.91 Å². The van der Waals surface area contributed by atoms with Crippen LogP contribution in [-0.2, 0) is 9.92 Å². The SMILES string of the molecule is CCCCNc1cc(C(=O)NCC2CC2)cc(S(=N)(=O)Nc2ccccc2)c1Oc1ccccc1. The van der Waals surface area contributed by atoms with Gasteiger partial charge >= 0.3 is 0 Å². The highest BCUT2D eigenvalue weighted by molar-refractivity contribution is 7.93. The van der Waals surface area contributed by atoms with Crippen molar-refractivity contribution in [2.75, 3.05) is 23.1 Å². The number of nitrogens with one attached hydrogen (secondary N) is 4. The molecule has 1 amide bonds. The molecule has 8 heteroatoms. The maximum atomic E-state index is 13.8. The van der Waals surface area contributed by atoms with E-state index in [0.717, 1.165) is 25.7 Å². The molecule has 0 bridgehead atoms. The Morgan fingerprint density at radius 1 is 1.06 bits per heavy atom. The van der Waals surface area contributed by atoms with Crippen LogP contribution in [0.4, 0.5) is 11.4 Å². The number of anilines is 2. The second-order valence-corrected chi connectivity index (χ2v) is 10.5. The van der Waals surface area contributed by atoms with Gasteiger partial charge in [0.2, 0.25) is 0 Å². The maximum absolute atomic E-state index is 13.8. The van der Waals surface area contributed by atoms with Gasteiger partial charge in [-0.05, 0) is 61.6 Å². The van der Waals surface area contributed by atoms with E-state index in [4.69, 9.17) is 9.52 Å². The van der Waals surface area contributed by atoms with Crippen LogP contribution < -0.4 is 20.1 Å². The highest BCUT2D eigenvalue weighted by Crippen LogP contribution is 2.39. The van der Waals surface area contributed by atoms with Gasteiger partial charge < -0.3 is 15.4 Å². The Morgan fingerprint density at radius 2 is 1.74 bits per heavy atom. The quantitative estimate of drug-likeness (QED) is 0.224. The van der Waals surface area contributed by atoms with Gasteiger partial charge in [-0.2, -0.15) is 0 Å². The Bertz CT molecular complexity index is 1240. The first kappa shape index (κ1) is 24.6. The minimum Gasteiger partial charge on any atom is -0.454 e. The van der Waals surface area contributed by atoms with Crippen LogP contribution in [0.25, 0.3) is 0 Å². The number of hydrogen-bond donors (Lipinski definition) is 4. The molecule has 0 radical (unpaired) electrons. The number of benzene rings is 3. The molecule has 0 spiro atoms. The summed E-state index contributed by atoms with van der Waals surface area (Å²) >= 11 is 0. The zero-order valence-electron chi connectivity index (χ0n) is 19.9. The van der Waals surface area contributed by atoms with Gasteiger partial charge in [0.05, 0.1) is 5.69 Å². The predicted molar refractivity (Wildman–Crippen MR) is 141 cm³/mol. The van der Waals surface area contributed by atoms with Crippen molar-refractivity contribution >= 4 is 27.2 Å². The van der Waals surface area contributed by atoms with Gasteiger partial charge in [-0.1, -0.05) is 49.7 Å². The van der Waals surface area contributed by atoms with E-state index in [1.54, 1.807) is 42.5 Å². The summed E-state index contributed by atoms with van der Waals surface area (Å²) in [6, 6.07) is 21.4. The molecule has 1 fully saturated rings. The standard InChI is InChI=1S/C27H32N4O3S/c1-2-3-16-29-24-17-21(27(32)30-19-20-14-15-20)18-25(26(24)34-23-12-8-5-9-13-23)35(28,33)31-22-10-6-4-7-11-22/h4-13,17-18,20,29H,2-3,14-16,19H2,1H3,(H,30,32)(H2,28,31,33). The summed E-state index contributed by atoms with van der Waals surface area (Å²) in [6.45, 7) is 3.36. The average Bonchev–Trinajstić information content (AvgIpc) is 3.69. The largest absolute Gasteiger partial charge is 0.454 e. The summed E-state index contributed by atoms with van der Waals surface area (Å²) in [5, 5.41) is 6.31. The van der Waals surface area contributed by atoms with Crippen molar-refractivity contribution < 1.29 is 13.7 Å². The van der Waals surface area contributed by atoms with Crippen molar-refractivity contribution in [1.29, 1.82) is 4.78 Å². The Morgan fingerprint density at radius 3 is 2.40 bits per heavy atom. The van der Waals surface area contributed by atoms with E-state index in [9.17, 15) is 9.00 Å². The van der Waals surface area contributed by atoms with Crippen LogP contribution in [0.2, 0.25) is 0 Å². The third kappa shape index (κ3) is 6.76. The van der Waals surface area contributed by atoms with Gasteiger partial charge in [0, 0.05) is 24.3 Å². The van der Waals surface area contributed by atoms with E-state index in [-0.39, 0.29) is 16.6 Å². The lowest BCUT2D eigenvalue weighted by Crippen LogP contribution is -2.26. The summed E-state index contributed by atoms with van der Waals surface area (Å²) in [5.74, 6) is 1.10. The van der Waals surface area contributed by atoms with E-state index >= 15 is 0 Å². The third-order valence-electron chi connectivity index (χ3n) is 5.72. The van der Waals surface area contributed by atoms with Crippen LogP contribution in [-0.4, -0.2) is 23.2 Å². The molecule has 184 valence electrons. The molecule has 3 aromatic carbocycles. The molecule has 1 atom stereocenters. The first-order chi connectivity index (χ1) is 17.0. The van der Waals surface area contributed by atoms with Crippen molar-refractivity contribution in [3.8, 4) is 11.5 Å². The lowest BCUT2D eigenvalue weighted by atomic mass is 10.1. The number of unbranched alkanes of at least 4 members (excludes halogenated alkanes) is 1. The summed E-state index contributed by atoms with van der Waals surface area (Å²) in [7, 11) is -3.59. The first-order valence-electron chi connectivity index (χ1n) is 12.0. The number of carbonyl (C=O) groups is 1. The Labute approximate surface area is 207 Å². The normalized spacial score (nSPS) is 14.5. The molecule has 0 saturated heterocycles. The molecule has 4 N–H and O–H groups in total. The Balaban J connectivity index is 1.78. The third-order valence-corrected chi connectivity index (χ3v) is 7.17. The molecule has 0 aromatic heterocycles. The highest BCUT2D eigenvalue weighted by atomic mass is 32.2. The number of rotatable bonds is 12. The number of carbonyl (C=O) groups excluding carboxylic acids is 1. The lowest BCUT2D eigenvalue weighted by Gasteiger charge is -2.21. The molecular formula is C27H32N4O3S. The fourth-order valence-electron chi connectivity index (χ4n) is 3.58. The molecule has 1 aliphatic carbocycles. The molecule has 7 nitrogen and oxygen atoms in total. The van der Waals surface area contributed by atoms with Crippen molar-refractivity contribution in [3.05, 3.63) is 78.4 Å². The molecule has 0 heterocycles. The van der Waals surface area contributed by atoms with Gasteiger partial charge in [0.15, 0.2) is 15.7 Å². The number of hydrogen-bond acceptors (Lipinski definition) is 5. The summed E-state index contributed by atoms with van der Waals surface area (Å²) in [6.07, 6.45) is 4.15. The molecule has 3 aromatic rings. The van der Waals surface area contributed by atoms with E-state index in [1.807, 2.05) is 24.3 Å². The second-order valence-electron chi connectivity index (χ2n) is 8.72. The summed E-state index contributed by atoms with van der Waals surface area (Å²) < 4.78 is 31.7. The zero-order chi connectivity index (χ0) is 24.7. The van der Waals surface area contributed by atoms with Crippen molar-refractivity contribution in [3.63, 3.8) is 0 Å². The fraction of sp³-hybridized carbons (Fsp3) is 0.296. The molecule has 0 aliphatic heterocycles. The summed E-state index contributed by atoms with van der Waals surface area (Å²) in [5.41, 5.74) is 1.42. The molecule has 1 aliphatic rings. The van der Waals surface area contributed by atoms with E-state index in [1.165, 1.54) is 6.07 Å². The Kier molecular flexibility index (Phi) is 7.92. The van der Waals surface area contributed by atoms with E-state index < -0.39 is 9.92 Å². The predicted octanol–water partition coefficient (Wildman–Crippen LogP) is 6.26. The lowest BCUT2D eigenvalue weighted by molar-refractivity contribution is 0.0951. The highest BCUT2D eigenvalue weighted by Gasteiger charge is 2.26. The van der Waals surface area contributed by atoms with Gasteiger partial charge in [-0.3, -0.25) is 9.52 Å². The van der Waals surface area contributed by atoms with Gasteiger partial charge in [-0.25, -0.2) is 8.99 Å². The molecular weight excluding hydrogens is 460 g/mol. The second kappa shape index (κ2) is 11.3. The monoisotopic (exact) mass is 492 g/mol. The van der Waals surface area contributed by atoms with E-state index in [0.29, 0.717) is 41.7 Å². The van der Waals surface area contributed by atoms with Crippen molar-refractivity contribution in [2.45, 2.75) is 37.5 Å². The minimum atomic E-state index is -3.59. The number of ether oxygens (including phenoxy) is 1. The topological polar surface area (TPSA) is 103 Å².